The van der Waals surface area contributed by atoms with E-state index in [4.69, 9.17) is 16.3 Å². The summed E-state index contributed by atoms with van der Waals surface area (Å²) < 4.78 is 31.4. The summed E-state index contributed by atoms with van der Waals surface area (Å²) in [4.78, 5) is 11.6. The van der Waals surface area contributed by atoms with Gasteiger partial charge in [0.1, 0.15) is 11.6 Å². The summed E-state index contributed by atoms with van der Waals surface area (Å²) in [5.41, 5.74) is 0.444. The highest BCUT2D eigenvalue weighted by Gasteiger charge is 2.12. The van der Waals surface area contributed by atoms with E-state index in [-0.39, 0.29) is 11.5 Å². The minimum atomic E-state index is -0.792. The third kappa shape index (κ3) is 3.33. The first-order valence-corrected chi connectivity index (χ1v) is 6.32. The lowest BCUT2D eigenvalue weighted by Gasteiger charge is -2.08. The smallest absolute Gasteiger partial charge is 0.180 e. The van der Waals surface area contributed by atoms with Gasteiger partial charge in [-0.15, -0.1) is 11.6 Å². The molecule has 0 spiro atoms. The lowest BCUT2D eigenvalue weighted by atomic mass is 10.1. The second-order valence-corrected chi connectivity index (χ2v) is 4.84. The Morgan fingerprint density at radius 3 is 2.35 bits per heavy atom. The third-order valence-electron chi connectivity index (χ3n) is 2.62. The SMILES string of the molecule is CC(Cl)C(=O)c1ccc(Oc2ccc(F)cc2F)cc1. The molecule has 2 nitrogen and oxygen atoms in total. The molecule has 1 unspecified atom stereocenters. The van der Waals surface area contributed by atoms with Gasteiger partial charge in [-0.3, -0.25) is 4.79 Å². The number of Topliss-reactive ketones (excluding diaryl/α,β-unsaturated/α-hetero) is 1. The van der Waals surface area contributed by atoms with Crippen LogP contribution in [0.4, 0.5) is 8.78 Å². The maximum absolute atomic E-state index is 13.4. The number of halogens is 3. The molecule has 0 radical (unpaired) electrons. The normalized spacial score (nSPS) is 12.0. The third-order valence-corrected chi connectivity index (χ3v) is 2.82. The molecule has 2 aromatic carbocycles. The highest BCUT2D eigenvalue weighted by atomic mass is 35.5. The van der Waals surface area contributed by atoms with E-state index >= 15 is 0 Å². The maximum Gasteiger partial charge on any atom is 0.180 e. The van der Waals surface area contributed by atoms with Crippen LogP contribution < -0.4 is 4.74 Å². The predicted octanol–water partition coefficient (Wildman–Crippen LogP) is 4.57. The Bertz CT molecular complexity index is 624. The van der Waals surface area contributed by atoms with Crippen LogP contribution in [0.2, 0.25) is 0 Å². The second-order valence-electron chi connectivity index (χ2n) is 4.18. The average Bonchev–Trinajstić information content (AvgIpc) is 2.42. The van der Waals surface area contributed by atoms with Gasteiger partial charge in [-0.05, 0) is 43.3 Å². The molecule has 0 saturated carbocycles. The van der Waals surface area contributed by atoms with Crippen molar-refractivity contribution in [2.75, 3.05) is 0 Å². The molecule has 0 heterocycles. The van der Waals surface area contributed by atoms with Crippen LogP contribution in [0.1, 0.15) is 17.3 Å². The van der Waals surface area contributed by atoms with Gasteiger partial charge in [0.25, 0.3) is 0 Å². The van der Waals surface area contributed by atoms with Crippen LogP contribution in [-0.4, -0.2) is 11.2 Å². The number of ether oxygens (including phenoxy) is 1. The molecular weight excluding hydrogens is 286 g/mol. The Kier molecular flexibility index (Phi) is 4.35. The van der Waals surface area contributed by atoms with Gasteiger partial charge in [0, 0.05) is 11.6 Å². The summed E-state index contributed by atoms with van der Waals surface area (Å²) in [5.74, 6) is -1.41. The standard InChI is InChI=1S/C15H11ClF2O2/c1-9(16)15(19)10-2-5-12(6-3-10)20-14-7-4-11(17)8-13(14)18/h2-9H,1H3. The van der Waals surface area contributed by atoms with Crippen molar-refractivity contribution in [1.29, 1.82) is 0 Å². The van der Waals surface area contributed by atoms with Gasteiger partial charge in [-0.1, -0.05) is 0 Å². The summed E-state index contributed by atoms with van der Waals surface area (Å²) in [6.45, 7) is 1.59. The molecule has 0 saturated heterocycles. The van der Waals surface area contributed by atoms with Crippen LogP contribution in [-0.2, 0) is 0 Å². The van der Waals surface area contributed by atoms with Crippen molar-refractivity contribution < 1.29 is 18.3 Å². The van der Waals surface area contributed by atoms with Crippen LogP contribution in [0.3, 0.4) is 0 Å². The topological polar surface area (TPSA) is 26.3 Å². The summed E-state index contributed by atoms with van der Waals surface area (Å²) in [5, 5.41) is -0.615. The van der Waals surface area contributed by atoms with Crippen LogP contribution in [0.25, 0.3) is 0 Å². The second kappa shape index (κ2) is 6.01. The van der Waals surface area contributed by atoms with E-state index in [1.165, 1.54) is 30.3 Å². The zero-order chi connectivity index (χ0) is 14.7. The van der Waals surface area contributed by atoms with Gasteiger partial charge < -0.3 is 4.74 Å². The van der Waals surface area contributed by atoms with Crippen molar-refractivity contribution in [3.8, 4) is 11.5 Å². The van der Waals surface area contributed by atoms with Crippen LogP contribution in [0.5, 0.6) is 11.5 Å². The molecule has 2 rings (SSSR count). The van der Waals surface area contributed by atoms with Crippen molar-refractivity contribution in [1.82, 2.24) is 0 Å². The van der Waals surface area contributed by atoms with E-state index < -0.39 is 17.0 Å². The van der Waals surface area contributed by atoms with Gasteiger partial charge in [-0.25, -0.2) is 8.78 Å². The number of hydrogen-bond donors (Lipinski definition) is 0. The Morgan fingerprint density at radius 2 is 1.80 bits per heavy atom. The molecule has 104 valence electrons. The molecule has 2 aromatic rings. The van der Waals surface area contributed by atoms with Crippen molar-refractivity contribution in [3.05, 3.63) is 59.7 Å². The highest BCUT2D eigenvalue weighted by molar-refractivity contribution is 6.33. The van der Waals surface area contributed by atoms with E-state index in [0.29, 0.717) is 11.3 Å². The largest absolute Gasteiger partial charge is 0.454 e. The zero-order valence-electron chi connectivity index (χ0n) is 10.6. The average molecular weight is 297 g/mol. The van der Waals surface area contributed by atoms with Crippen molar-refractivity contribution in [2.24, 2.45) is 0 Å². The van der Waals surface area contributed by atoms with Crippen molar-refractivity contribution in [3.63, 3.8) is 0 Å². The fourth-order valence-corrected chi connectivity index (χ4v) is 1.73. The van der Waals surface area contributed by atoms with Gasteiger partial charge in [0.2, 0.25) is 0 Å². The number of rotatable bonds is 4. The minimum absolute atomic E-state index is 0.0869. The summed E-state index contributed by atoms with van der Waals surface area (Å²) in [6.07, 6.45) is 0. The molecule has 0 bridgehead atoms. The molecule has 0 amide bonds. The Labute approximate surface area is 119 Å². The number of benzene rings is 2. The van der Waals surface area contributed by atoms with E-state index in [2.05, 4.69) is 0 Å². The van der Waals surface area contributed by atoms with Crippen LogP contribution in [0, 0.1) is 11.6 Å². The maximum atomic E-state index is 13.4. The number of alkyl halides is 1. The van der Waals surface area contributed by atoms with Gasteiger partial charge >= 0.3 is 0 Å². The first-order valence-electron chi connectivity index (χ1n) is 5.88. The van der Waals surface area contributed by atoms with Gasteiger partial charge in [0.05, 0.1) is 5.38 Å². The molecule has 0 aliphatic rings. The predicted molar refractivity (Wildman–Crippen MR) is 72.5 cm³/mol. The van der Waals surface area contributed by atoms with E-state index in [1.807, 2.05) is 0 Å². The first kappa shape index (κ1) is 14.5. The van der Waals surface area contributed by atoms with E-state index in [9.17, 15) is 13.6 Å². The van der Waals surface area contributed by atoms with Crippen LogP contribution in [0.15, 0.2) is 42.5 Å². The van der Waals surface area contributed by atoms with Crippen LogP contribution >= 0.6 is 11.6 Å². The lowest BCUT2D eigenvalue weighted by molar-refractivity contribution is 0.0991. The minimum Gasteiger partial charge on any atom is -0.454 e. The fraction of sp³-hybridized carbons (Fsp3) is 0.133. The molecular formula is C15H11ClF2O2. The zero-order valence-corrected chi connectivity index (χ0v) is 11.3. The molecule has 0 aromatic heterocycles. The highest BCUT2D eigenvalue weighted by Crippen LogP contribution is 2.25. The molecule has 0 fully saturated rings. The van der Waals surface area contributed by atoms with Gasteiger partial charge in [-0.2, -0.15) is 0 Å². The number of carbonyl (C=O) groups excluding carboxylic acids is 1. The fourth-order valence-electron chi connectivity index (χ4n) is 1.60. The Morgan fingerprint density at radius 1 is 1.15 bits per heavy atom. The van der Waals surface area contributed by atoms with Crippen molar-refractivity contribution in [2.45, 2.75) is 12.3 Å². The van der Waals surface area contributed by atoms with Crippen molar-refractivity contribution >= 4 is 17.4 Å². The van der Waals surface area contributed by atoms with E-state index in [0.717, 1.165) is 12.1 Å². The molecule has 0 aliphatic carbocycles. The lowest BCUT2D eigenvalue weighted by Crippen LogP contribution is -2.09. The number of hydrogen-bond acceptors (Lipinski definition) is 2. The monoisotopic (exact) mass is 296 g/mol. The molecule has 5 heteroatoms. The first-order chi connectivity index (χ1) is 9.47. The molecule has 20 heavy (non-hydrogen) atoms. The van der Waals surface area contributed by atoms with Gasteiger partial charge in [0.15, 0.2) is 17.3 Å². The molecule has 1 atom stereocenters. The number of ketones is 1. The Balaban J connectivity index is 2.17. The molecule has 0 aliphatic heterocycles. The summed E-state index contributed by atoms with van der Waals surface area (Å²) in [7, 11) is 0. The molecule has 0 N–H and O–H groups in total. The quantitative estimate of drug-likeness (QED) is 0.610. The number of carbonyl (C=O) groups is 1. The Hall–Kier alpha value is -1.94. The summed E-state index contributed by atoms with van der Waals surface area (Å²) >= 11 is 5.70. The van der Waals surface area contributed by atoms with E-state index in [1.54, 1.807) is 6.92 Å². The summed E-state index contributed by atoms with van der Waals surface area (Å²) in [6, 6.07) is 9.17.